The molecule has 0 aromatic carbocycles. The van der Waals surface area contributed by atoms with Crippen LogP contribution in [0.2, 0.25) is 0 Å². The third-order valence-electron chi connectivity index (χ3n) is 1.36. The molecule has 3 heteroatoms. The van der Waals surface area contributed by atoms with Crippen LogP contribution in [0.15, 0.2) is 0 Å². The van der Waals surface area contributed by atoms with Crippen LogP contribution in [0.5, 0.6) is 0 Å². The van der Waals surface area contributed by atoms with Crippen LogP contribution >= 0.6 is 23.5 Å². The van der Waals surface area contributed by atoms with E-state index in [1.165, 1.54) is 11.5 Å². The standard InChI is InChI=1S/C7H12OS2/c1-2-6(8)3-9-4-7-5-10-7/h7H,2-5H2,1H3. The summed E-state index contributed by atoms with van der Waals surface area (Å²) in [5, 5.41) is 0.870. The van der Waals surface area contributed by atoms with Gasteiger partial charge in [-0.05, 0) is 0 Å². The Bertz CT molecular complexity index is 121. The van der Waals surface area contributed by atoms with Gasteiger partial charge in [0.2, 0.25) is 0 Å². The van der Waals surface area contributed by atoms with Gasteiger partial charge in [0.1, 0.15) is 5.78 Å². The molecule has 0 saturated carbocycles. The normalized spacial score (nSPS) is 22.7. The molecule has 0 aliphatic carbocycles. The Morgan fingerprint density at radius 3 is 3.00 bits per heavy atom. The van der Waals surface area contributed by atoms with Crippen LogP contribution in [0.25, 0.3) is 0 Å². The van der Waals surface area contributed by atoms with Gasteiger partial charge < -0.3 is 0 Å². The molecule has 1 rings (SSSR count). The number of thioether (sulfide) groups is 2. The minimum absolute atomic E-state index is 0.385. The molecule has 0 aromatic rings. The summed E-state index contributed by atoms with van der Waals surface area (Å²) in [5.41, 5.74) is 0. The number of carbonyl (C=O) groups is 1. The molecule has 0 radical (unpaired) electrons. The van der Waals surface area contributed by atoms with Crippen molar-refractivity contribution < 1.29 is 4.79 Å². The summed E-state index contributed by atoms with van der Waals surface area (Å²) in [7, 11) is 0. The van der Waals surface area contributed by atoms with E-state index in [2.05, 4.69) is 0 Å². The average molecular weight is 176 g/mol. The first-order valence-electron chi connectivity index (χ1n) is 3.54. The predicted molar refractivity (Wildman–Crippen MR) is 48.9 cm³/mol. The van der Waals surface area contributed by atoms with Crippen LogP contribution in [0.4, 0.5) is 0 Å². The molecular formula is C7H12OS2. The third kappa shape index (κ3) is 3.52. The van der Waals surface area contributed by atoms with Crippen molar-refractivity contribution in [1.29, 1.82) is 0 Å². The molecule has 0 N–H and O–H groups in total. The van der Waals surface area contributed by atoms with Crippen molar-refractivity contribution in [3.8, 4) is 0 Å². The van der Waals surface area contributed by atoms with Gasteiger partial charge in [-0.25, -0.2) is 0 Å². The highest BCUT2D eigenvalue weighted by molar-refractivity contribution is 8.08. The lowest BCUT2D eigenvalue weighted by molar-refractivity contribution is -0.116. The zero-order chi connectivity index (χ0) is 7.40. The number of Topliss-reactive ketones (excluding diaryl/α,β-unsaturated/α-hetero) is 1. The second-order valence-corrected chi connectivity index (χ2v) is 4.73. The van der Waals surface area contributed by atoms with Crippen molar-refractivity contribution >= 4 is 29.3 Å². The lowest BCUT2D eigenvalue weighted by Gasteiger charge is -1.94. The maximum Gasteiger partial charge on any atom is 0.142 e. The van der Waals surface area contributed by atoms with Crippen molar-refractivity contribution in [2.24, 2.45) is 0 Å². The first-order chi connectivity index (χ1) is 4.83. The van der Waals surface area contributed by atoms with Crippen LogP contribution in [0, 0.1) is 0 Å². The summed E-state index contributed by atoms with van der Waals surface area (Å²) in [4.78, 5) is 10.8. The van der Waals surface area contributed by atoms with Gasteiger partial charge in [-0.15, -0.1) is 0 Å². The number of ketones is 1. The molecule has 1 fully saturated rings. The van der Waals surface area contributed by atoms with Crippen molar-refractivity contribution in [3.63, 3.8) is 0 Å². The highest BCUT2D eigenvalue weighted by Gasteiger charge is 2.21. The molecule has 10 heavy (non-hydrogen) atoms. The van der Waals surface area contributed by atoms with Gasteiger partial charge in [0.05, 0.1) is 5.75 Å². The molecule has 1 nitrogen and oxygen atoms in total. The summed E-state index contributed by atoms with van der Waals surface area (Å²) in [6, 6.07) is 0. The fraction of sp³-hybridized carbons (Fsp3) is 0.857. The number of carbonyl (C=O) groups excluding carboxylic acids is 1. The SMILES string of the molecule is CCC(=O)CSCC1CS1. The Labute approximate surface area is 70.3 Å². The molecule has 0 spiro atoms. The molecule has 0 bridgehead atoms. The van der Waals surface area contributed by atoms with E-state index in [-0.39, 0.29) is 0 Å². The van der Waals surface area contributed by atoms with E-state index in [1.54, 1.807) is 11.8 Å². The van der Waals surface area contributed by atoms with Crippen molar-refractivity contribution in [2.45, 2.75) is 18.6 Å². The Morgan fingerprint density at radius 2 is 2.50 bits per heavy atom. The molecule has 1 aliphatic heterocycles. The molecule has 1 heterocycles. The highest BCUT2D eigenvalue weighted by atomic mass is 32.2. The lowest BCUT2D eigenvalue weighted by atomic mass is 10.4. The third-order valence-corrected chi connectivity index (χ3v) is 3.71. The summed E-state index contributed by atoms with van der Waals surface area (Å²) in [6.07, 6.45) is 0.699. The van der Waals surface area contributed by atoms with Gasteiger partial charge in [-0.1, -0.05) is 6.92 Å². The monoisotopic (exact) mass is 176 g/mol. The maximum absolute atomic E-state index is 10.8. The van der Waals surface area contributed by atoms with Crippen LogP contribution in [-0.2, 0) is 4.79 Å². The van der Waals surface area contributed by atoms with Gasteiger partial charge in [0, 0.05) is 23.2 Å². The molecule has 0 aromatic heterocycles. The quantitative estimate of drug-likeness (QED) is 0.595. The van der Waals surface area contributed by atoms with E-state index in [0.717, 1.165) is 11.0 Å². The molecule has 1 atom stereocenters. The number of hydrogen-bond acceptors (Lipinski definition) is 3. The van der Waals surface area contributed by atoms with E-state index < -0.39 is 0 Å². The summed E-state index contributed by atoms with van der Waals surface area (Å²) in [5.74, 6) is 3.60. The number of rotatable bonds is 5. The Kier molecular flexibility index (Phi) is 3.63. The van der Waals surface area contributed by atoms with Crippen molar-refractivity contribution in [3.05, 3.63) is 0 Å². The van der Waals surface area contributed by atoms with Crippen LogP contribution in [0.1, 0.15) is 13.3 Å². The topological polar surface area (TPSA) is 17.1 Å². The Morgan fingerprint density at radius 1 is 1.80 bits per heavy atom. The van der Waals surface area contributed by atoms with E-state index in [9.17, 15) is 4.79 Å². The molecule has 58 valence electrons. The van der Waals surface area contributed by atoms with Gasteiger partial charge in [0.15, 0.2) is 0 Å². The first-order valence-corrected chi connectivity index (χ1v) is 5.74. The van der Waals surface area contributed by atoms with Crippen LogP contribution < -0.4 is 0 Å². The van der Waals surface area contributed by atoms with E-state index in [0.29, 0.717) is 12.2 Å². The molecule has 0 amide bonds. The van der Waals surface area contributed by atoms with Crippen LogP contribution in [0.3, 0.4) is 0 Å². The highest BCUT2D eigenvalue weighted by Crippen LogP contribution is 2.32. The Balaban J connectivity index is 1.88. The predicted octanol–water partition coefficient (Wildman–Crippen LogP) is 1.81. The van der Waals surface area contributed by atoms with Gasteiger partial charge in [0.25, 0.3) is 0 Å². The zero-order valence-electron chi connectivity index (χ0n) is 6.13. The first kappa shape index (κ1) is 8.47. The fourth-order valence-electron chi connectivity index (χ4n) is 0.571. The van der Waals surface area contributed by atoms with Crippen molar-refractivity contribution in [2.75, 3.05) is 17.3 Å². The average Bonchev–Trinajstić information content (AvgIpc) is 2.71. The van der Waals surface area contributed by atoms with Gasteiger partial charge in [-0.3, -0.25) is 4.79 Å². The maximum atomic E-state index is 10.8. The largest absolute Gasteiger partial charge is 0.299 e. The molecule has 1 aliphatic rings. The molecule has 1 unspecified atom stereocenters. The molecule has 1 saturated heterocycles. The summed E-state index contributed by atoms with van der Waals surface area (Å²) >= 11 is 3.78. The fourth-order valence-corrected chi connectivity index (χ4v) is 2.58. The second kappa shape index (κ2) is 4.29. The Hall–Kier alpha value is 0.370. The lowest BCUT2D eigenvalue weighted by Crippen LogP contribution is -2.00. The smallest absolute Gasteiger partial charge is 0.142 e. The summed E-state index contributed by atoms with van der Waals surface area (Å²) < 4.78 is 0. The van der Waals surface area contributed by atoms with Crippen molar-refractivity contribution in [1.82, 2.24) is 0 Å². The van der Waals surface area contributed by atoms with E-state index in [1.807, 2.05) is 18.7 Å². The number of hydrogen-bond donors (Lipinski definition) is 0. The van der Waals surface area contributed by atoms with Gasteiger partial charge in [-0.2, -0.15) is 23.5 Å². The minimum atomic E-state index is 0.385. The zero-order valence-corrected chi connectivity index (χ0v) is 7.76. The second-order valence-electron chi connectivity index (χ2n) is 2.36. The van der Waals surface area contributed by atoms with E-state index in [4.69, 9.17) is 0 Å². The summed E-state index contributed by atoms with van der Waals surface area (Å²) in [6.45, 7) is 1.93. The van der Waals surface area contributed by atoms with Gasteiger partial charge >= 0.3 is 0 Å². The van der Waals surface area contributed by atoms with Crippen LogP contribution in [-0.4, -0.2) is 28.3 Å². The molecular weight excluding hydrogens is 164 g/mol. The minimum Gasteiger partial charge on any atom is -0.299 e. The van der Waals surface area contributed by atoms with E-state index >= 15 is 0 Å².